The monoisotopic (exact) mass is 220 g/mol. The average Bonchev–Trinajstić information content (AvgIpc) is 2.28. The normalized spacial score (nSPS) is 9.81. The summed E-state index contributed by atoms with van der Waals surface area (Å²) in [6, 6.07) is 5.58. The molecule has 0 aromatic rings. The molecule has 0 aliphatic rings. The molecule has 16 heavy (non-hydrogen) atoms. The average molecular weight is 220 g/mol. The molecular weight excluding hydrogens is 208 g/mol. The molecule has 0 N–H and O–H groups in total. The summed E-state index contributed by atoms with van der Waals surface area (Å²) in [5.41, 5.74) is -1.29. The van der Waals surface area contributed by atoms with Gasteiger partial charge in [-0.25, -0.2) is 0 Å². The fourth-order valence-electron chi connectivity index (χ4n) is 1.51. The summed E-state index contributed by atoms with van der Waals surface area (Å²) in [5, 5.41) is 36.4. The van der Waals surface area contributed by atoms with Crippen molar-refractivity contribution in [3.63, 3.8) is 0 Å². The Hall–Kier alpha value is -2.13. The molecule has 84 valence electrons. The van der Waals surface area contributed by atoms with Gasteiger partial charge >= 0.3 is 0 Å². The van der Waals surface area contributed by atoms with E-state index in [0.717, 1.165) is 0 Å². The Morgan fingerprint density at radius 2 is 1.25 bits per heavy atom. The lowest BCUT2D eigenvalue weighted by Crippen LogP contribution is -2.38. The Labute approximate surface area is 93.9 Å². The van der Waals surface area contributed by atoms with Gasteiger partial charge in [-0.05, 0) is 0 Å². The first kappa shape index (κ1) is 13.9. The molecule has 0 bridgehead atoms. The zero-order valence-electron chi connectivity index (χ0n) is 8.85. The van der Waals surface area contributed by atoms with Crippen LogP contribution in [-0.2, 0) is 0 Å². The zero-order chi connectivity index (χ0) is 12.4. The second-order valence-electron chi connectivity index (χ2n) is 3.46. The number of hydrogen-bond acceptors (Lipinski definition) is 5. The Bertz CT molecular complexity index is 313. The Kier molecular flexibility index (Phi) is 6.24. The first-order valence-electron chi connectivity index (χ1n) is 4.88. The maximum Gasteiger partial charge on any atom is 0.225 e. The number of nitro groups is 1. The van der Waals surface area contributed by atoms with Crippen LogP contribution in [0.2, 0.25) is 0 Å². The summed E-state index contributed by atoms with van der Waals surface area (Å²) in [6.07, 6.45) is 0.493. The molecule has 6 heteroatoms. The van der Waals surface area contributed by atoms with Crippen molar-refractivity contribution in [2.75, 3.05) is 0 Å². The van der Waals surface area contributed by atoms with Crippen LogP contribution in [-0.4, -0.2) is 10.5 Å². The van der Waals surface area contributed by atoms with E-state index in [1.54, 1.807) is 0 Å². The summed E-state index contributed by atoms with van der Waals surface area (Å²) in [6.45, 7) is 0. The summed E-state index contributed by atoms with van der Waals surface area (Å²) < 4.78 is 0. The fraction of sp³-hybridized carbons (Fsp3) is 0.700. The molecule has 0 unspecified atom stereocenters. The van der Waals surface area contributed by atoms with Gasteiger partial charge in [-0.15, -0.1) is 0 Å². The highest BCUT2D eigenvalue weighted by molar-refractivity contribution is 4.90. The van der Waals surface area contributed by atoms with Crippen molar-refractivity contribution in [1.82, 2.24) is 0 Å². The quantitative estimate of drug-likeness (QED) is 0.480. The molecule has 0 rings (SSSR count). The third-order valence-corrected chi connectivity index (χ3v) is 2.49. The first-order chi connectivity index (χ1) is 7.63. The molecule has 0 atom stereocenters. The summed E-state index contributed by atoms with van der Waals surface area (Å²) in [4.78, 5) is 10.6. The molecule has 0 aromatic heterocycles. The van der Waals surface area contributed by atoms with E-state index in [1.807, 2.05) is 18.2 Å². The van der Waals surface area contributed by atoms with E-state index >= 15 is 0 Å². The third-order valence-electron chi connectivity index (χ3n) is 2.49. The second-order valence-corrected chi connectivity index (χ2v) is 3.46. The maximum absolute atomic E-state index is 11.0. The Morgan fingerprint density at radius 3 is 1.44 bits per heavy atom. The van der Waals surface area contributed by atoms with Gasteiger partial charge in [0.2, 0.25) is 5.54 Å². The van der Waals surface area contributed by atoms with Crippen LogP contribution >= 0.6 is 0 Å². The molecule has 0 amide bonds. The van der Waals surface area contributed by atoms with E-state index < -0.39 is 10.5 Å². The number of rotatable bonds is 7. The molecule has 0 spiro atoms. The van der Waals surface area contributed by atoms with Gasteiger partial charge in [0.1, 0.15) is 0 Å². The van der Waals surface area contributed by atoms with Crippen molar-refractivity contribution < 1.29 is 4.92 Å². The highest BCUT2D eigenvalue weighted by atomic mass is 16.6. The van der Waals surface area contributed by atoms with E-state index in [9.17, 15) is 10.1 Å². The lowest BCUT2D eigenvalue weighted by Gasteiger charge is -2.22. The molecule has 0 heterocycles. The smallest absolute Gasteiger partial charge is 0.225 e. The summed E-state index contributed by atoms with van der Waals surface area (Å²) >= 11 is 0. The van der Waals surface area contributed by atoms with Gasteiger partial charge in [-0.1, -0.05) is 0 Å². The van der Waals surface area contributed by atoms with E-state index in [2.05, 4.69) is 0 Å². The van der Waals surface area contributed by atoms with Gasteiger partial charge in [0.15, 0.2) is 0 Å². The van der Waals surface area contributed by atoms with Gasteiger partial charge in [-0.2, -0.15) is 15.8 Å². The molecule has 0 saturated heterocycles. The van der Waals surface area contributed by atoms with Crippen molar-refractivity contribution in [1.29, 1.82) is 15.8 Å². The van der Waals surface area contributed by atoms with Gasteiger partial charge < -0.3 is 0 Å². The van der Waals surface area contributed by atoms with E-state index in [0.29, 0.717) is 0 Å². The van der Waals surface area contributed by atoms with Crippen molar-refractivity contribution in [2.45, 2.75) is 44.1 Å². The molecule has 0 aliphatic carbocycles. The van der Waals surface area contributed by atoms with E-state index in [1.165, 1.54) is 0 Å². The molecule has 0 aromatic carbocycles. The van der Waals surface area contributed by atoms with E-state index in [4.69, 9.17) is 15.8 Å². The second kappa shape index (κ2) is 7.20. The summed E-state index contributed by atoms with van der Waals surface area (Å²) in [5.74, 6) is 0. The summed E-state index contributed by atoms with van der Waals surface area (Å²) in [7, 11) is 0. The van der Waals surface area contributed by atoms with Crippen molar-refractivity contribution in [3.05, 3.63) is 10.1 Å². The van der Waals surface area contributed by atoms with Crippen LogP contribution in [0.4, 0.5) is 0 Å². The SMILES string of the molecule is N#CCCC(CCC#N)(CCC#N)[N+](=O)[O-]. The van der Waals surface area contributed by atoms with Crippen molar-refractivity contribution >= 4 is 0 Å². The van der Waals surface area contributed by atoms with Crippen LogP contribution in [0, 0.1) is 44.1 Å². The minimum atomic E-state index is -1.29. The molecule has 0 aliphatic heterocycles. The van der Waals surface area contributed by atoms with Crippen LogP contribution in [0.15, 0.2) is 0 Å². The van der Waals surface area contributed by atoms with Crippen molar-refractivity contribution in [3.8, 4) is 18.2 Å². The van der Waals surface area contributed by atoms with Gasteiger partial charge in [0.25, 0.3) is 0 Å². The topological polar surface area (TPSA) is 115 Å². The van der Waals surface area contributed by atoms with Crippen LogP contribution in [0.3, 0.4) is 0 Å². The highest BCUT2D eigenvalue weighted by Gasteiger charge is 2.41. The number of nitriles is 3. The third kappa shape index (κ3) is 3.94. The minimum absolute atomic E-state index is 0.0673. The lowest BCUT2D eigenvalue weighted by atomic mass is 9.85. The minimum Gasteiger partial charge on any atom is -0.264 e. The van der Waals surface area contributed by atoms with Crippen LogP contribution < -0.4 is 0 Å². The molecule has 0 fully saturated rings. The largest absolute Gasteiger partial charge is 0.264 e. The van der Waals surface area contributed by atoms with Crippen LogP contribution in [0.5, 0.6) is 0 Å². The fourth-order valence-corrected chi connectivity index (χ4v) is 1.51. The number of nitrogens with zero attached hydrogens (tertiary/aromatic N) is 4. The molecule has 6 nitrogen and oxygen atoms in total. The van der Waals surface area contributed by atoms with Gasteiger partial charge in [0.05, 0.1) is 18.2 Å². The highest BCUT2D eigenvalue weighted by Crippen LogP contribution is 2.28. The Balaban J connectivity index is 4.77. The van der Waals surface area contributed by atoms with E-state index in [-0.39, 0.29) is 38.5 Å². The molecular formula is C10H12N4O2. The Morgan fingerprint density at radius 1 is 0.938 bits per heavy atom. The standard InChI is InChI=1S/C10H12N4O2/c11-7-1-4-10(14(15)16,5-2-8-12)6-3-9-13/h1-6H2. The predicted octanol–water partition coefficient (Wildman–Crippen LogP) is 1.91. The molecule has 0 saturated carbocycles. The molecule has 0 radical (unpaired) electrons. The van der Waals surface area contributed by atoms with Crippen LogP contribution in [0.25, 0.3) is 0 Å². The zero-order valence-corrected chi connectivity index (χ0v) is 8.85. The predicted molar refractivity (Wildman–Crippen MR) is 54.3 cm³/mol. The van der Waals surface area contributed by atoms with Gasteiger partial charge in [0, 0.05) is 43.4 Å². The van der Waals surface area contributed by atoms with Gasteiger partial charge in [-0.3, -0.25) is 10.1 Å². The van der Waals surface area contributed by atoms with Crippen molar-refractivity contribution in [2.24, 2.45) is 0 Å². The first-order valence-corrected chi connectivity index (χ1v) is 4.88. The maximum atomic E-state index is 11.0. The lowest BCUT2D eigenvalue weighted by molar-refractivity contribution is -0.573. The van der Waals surface area contributed by atoms with Crippen LogP contribution in [0.1, 0.15) is 38.5 Å². The number of hydrogen-bond donors (Lipinski definition) is 0.